The molecule has 2 aromatic carbocycles. The average Bonchev–Trinajstić information content (AvgIpc) is 3.16. The first-order chi connectivity index (χ1) is 13.1. The SMILES string of the molecule is COc1cc(NC(=O)C(C)Sc2ncn(-c3ccccc3)n2)cc(OC)c1. The molecule has 27 heavy (non-hydrogen) atoms. The van der Waals surface area contributed by atoms with E-state index in [9.17, 15) is 4.79 Å². The minimum Gasteiger partial charge on any atom is -0.497 e. The van der Waals surface area contributed by atoms with Gasteiger partial charge in [0.15, 0.2) is 0 Å². The van der Waals surface area contributed by atoms with Crippen LogP contribution in [0.3, 0.4) is 0 Å². The third kappa shape index (κ3) is 4.79. The van der Waals surface area contributed by atoms with Crippen molar-refractivity contribution in [3.8, 4) is 17.2 Å². The number of methoxy groups -OCH3 is 2. The van der Waals surface area contributed by atoms with Crippen molar-refractivity contribution < 1.29 is 14.3 Å². The molecule has 0 bridgehead atoms. The summed E-state index contributed by atoms with van der Waals surface area (Å²) in [6.45, 7) is 1.81. The van der Waals surface area contributed by atoms with Crippen molar-refractivity contribution in [3.05, 3.63) is 54.9 Å². The second kappa shape index (κ2) is 8.59. The molecule has 1 heterocycles. The Kier molecular flexibility index (Phi) is 5.97. The number of aromatic nitrogens is 3. The van der Waals surface area contributed by atoms with Gasteiger partial charge in [-0.2, -0.15) is 0 Å². The van der Waals surface area contributed by atoms with E-state index in [0.717, 1.165) is 5.69 Å². The zero-order valence-corrected chi connectivity index (χ0v) is 16.1. The van der Waals surface area contributed by atoms with E-state index in [4.69, 9.17) is 9.47 Å². The third-order valence-corrected chi connectivity index (χ3v) is 4.73. The number of nitrogens with zero attached hydrogens (tertiary/aromatic N) is 3. The van der Waals surface area contributed by atoms with E-state index in [1.165, 1.54) is 11.8 Å². The molecule has 8 heteroatoms. The standard InChI is InChI=1S/C19H20N4O3S/c1-13(18(24)21-14-9-16(25-2)11-17(10-14)26-3)27-19-20-12-23(22-19)15-7-5-4-6-8-15/h4-13H,1-3H3,(H,21,24). The van der Waals surface area contributed by atoms with Gasteiger partial charge in [0.2, 0.25) is 11.1 Å². The lowest BCUT2D eigenvalue weighted by atomic mass is 10.2. The van der Waals surface area contributed by atoms with Crippen LogP contribution in [0.5, 0.6) is 11.5 Å². The number of ether oxygens (including phenoxy) is 2. The number of rotatable bonds is 7. The van der Waals surface area contributed by atoms with Gasteiger partial charge < -0.3 is 14.8 Å². The summed E-state index contributed by atoms with van der Waals surface area (Å²) in [6.07, 6.45) is 1.63. The third-order valence-electron chi connectivity index (χ3n) is 3.76. The maximum atomic E-state index is 12.5. The van der Waals surface area contributed by atoms with Gasteiger partial charge in [0.25, 0.3) is 0 Å². The van der Waals surface area contributed by atoms with Crippen LogP contribution in [-0.2, 0) is 4.79 Å². The van der Waals surface area contributed by atoms with Gasteiger partial charge in [0, 0.05) is 23.9 Å². The first-order valence-corrected chi connectivity index (χ1v) is 9.14. The monoisotopic (exact) mass is 384 g/mol. The first-order valence-electron chi connectivity index (χ1n) is 8.26. The fourth-order valence-electron chi connectivity index (χ4n) is 2.34. The van der Waals surface area contributed by atoms with Crippen LogP contribution in [0.1, 0.15) is 6.92 Å². The van der Waals surface area contributed by atoms with Crippen molar-refractivity contribution >= 4 is 23.4 Å². The largest absolute Gasteiger partial charge is 0.497 e. The maximum absolute atomic E-state index is 12.5. The second-order valence-electron chi connectivity index (χ2n) is 5.66. The van der Waals surface area contributed by atoms with Gasteiger partial charge in [-0.3, -0.25) is 4.79 Å². The Hall–Kier alpha value is -3.00. The zero-order valence-electron chi connectivity index (χ0n) is 15.2. The van der Waals surface area contributed by atoms with Crippen molar-refractivity contribution in [2.24, 2.45) is 0 Å². The Morgan fingerprint density at radius 3 is 2.41 bits per heavy atom. The van der Waals surface area contributed by atoms with E-state index >= 15 is 0 Å². The summed E-state index contributed by atoms with van der Waals surface area (Å²) >= 11 is 1.29. The highest BCUT2D eigenvalue weighted by Crippen LogP contribution is 2.27. The van der Waals surface area contributed by atoms with E-state index in [1.807, 2.05) is 30.3 Å². The molecule has 0 aliphatic carbocycles. The van der Waals surface area contributed by atoms with E-state index in [2.05, 4.69) is 15.4 Å². The van der Waals surface area contributed by atoms with Crippen molar-refractivity contribution in [2.75, 3.05) is 19.5 Å². The lowest BCUT2D eigenvalue weighted by Crippen LogP contribution is -2.22. The Bertz CT molecular complexity index is 892. The molecular weight excluding hydrogens is 364 g/mol. The fourth-order valence-corrected chi connectivity index (χ4v) is 3.07. The molecule has 1 unspecified atom stereocenters. The predicted octanol–water partition coefficient (Wildman–Crippen LogP) is 3.40. The number of carbonyl (C=O) groups excluding carboxylic acids is 1. The summed E-state index contributed by atoms with van der Waals surface area (Å²) in [5.74, 6) is 1.05. The summed E-state index contributed by atoms with van der Waals surface area (Å²) in [7, 11) is 3.13. The number of anilines is 1. The van der Waals surface area contributed by atoms with Crippen molar-refractivity contribution in [1.29, 1.82) is 0 Å². The van der Waals surface area contributed by atoms with E-state index < -0.39 is 0 Å². The summed E-state index contributed by atoms with van der Waals surface area (Å²) < 4.78 is 12.1. The molecule has 140 valence electrons. The fraction of sp³-hybridized carbons (Fsp3) is 0.211. The summed E-state index contributed by atoms with van der Waals surface area (Å²) in [5.41, 5.74) is 1.52. The van der Waals surface area contributed by atoms with Gasteiger partial charge in [-0.25, -0.2) is 9.67 Å². The number of hydrogen-bond donors (Lipinski definition) is 1. The van der Waals surface area contributed by atoms with Crippen LogP contribution in [-0.4, -0.2) is 40.1 Å². The van der Waals surface area contributed by atoms with Crippen LogP contribution in [0.2, 0.25) is 0 Å². The zero-order chi connectivity index (χ0) is 19.2. The van der Waals surface area contributed by atoms with Crippen LogP contribution in [0.4, 0.5) is 5.69 Å². The quantitative estimate of drug-likeness (QED) is 0.629. The minimum atomic E-state index is -0.381. The van der Waals surface area contributed by atoms with Crippen LogP contribution in [0.25, 0.3) is 5.69 Å². The molecule has 0 radical (unpaired) electrons. The number of hydrogen-bond acceptors (Lipinski definition) is 6. The average molecular weight is 384 g/mol. The molecule has 1 amide bonds. The van der Waals surface area contributed by atoms with Gasteiger partial charge in [-0.1, -0.05) is 30.0 Å². The molecule has 0 aliphatic heterocycles. The molecule has 0 saturated carbocycles. The molecule has 0 saturated heterocycles. The summed E-state index contributed by atoms with van der Waals surface area (Å²) in [4.78, 5) is 16.8. The van der Waals surface area contributed by atoms with Crippen LogP contribution in [0.15, 0.2) is 60.0 Å². The predicted molar refractivity (Wildman–Crippen MR) is 105 cm³/mol. The van der Waals surface area contributed by atoms with Gasteiger partial charge in [-0.15, -0.1) is 5.10 Å². The smallest absolute Gasteiger partial charge is 0.237 e. The van der Waals surface area contributed by atoms with Crippen molar-refractivity contribution in [3.63, 3.8) is 0 Å². The molecule has 3 aromatic rings. The number of para-hydroxylation sites is 1. The number of carbonyl (C=O) groups is 1. The summed E-state index contributed by atoms with van der Waals surface area (Å²) in [6, 6.07) is 14.9. The number of nitrogens with one attached hydrogen (secondary N) is 1. The maximum Gasteiger partial charge on any atom is 0.237 e. The molecule has 0 fully saturated rings. The number of thioether (sulfide) groups is 1. The topological polar surface area (TPSA) is 78.3 Å². The first kappa shape index (κ1) is 18.8. The van der Waals surface area contributed by atoms with Crippen molar-refractivity contribution in [1.82, 2.24) is 14.8 Å². The Morgan fingerprint density at radius 1 is 1.11 bits per heavy atom. The molecule has 3 rings (SSSR count). The van der Waals surface area contributed by atoms with Gasteiger partial charge in [0.05, 0.1) is 25.2 Å². The molecular formula is C19H20N4O3S. The van der Waals surface area contributed by atoms with Gasteiger partial charge >= 0.3 is 0 Å². The van der Waals surface area contributed by atoms with Crippen LogP contribution in [0, 0.1) is 0 Å². The highest BCUT2D eigenvalue weighted by molar-refractivity contribution is 8.00. The Balaban J connectivity index is 1.65. The highest BCUT2D eigenvalue weighted by atomic mass is 32.2. The van der Waals surface area contributed by atoms with E-state index in [1.54, 1.807) is 50.4 Å². The normalized spacial score (nSPS) is 11.7. The minimum absolute atomic E-state index is 0.161. The highest BCUT2D eigenvalue weighted by Gasteiger charge is 2.18. The van der Waals surface area contributed by atoms with Crippen LogP contribution >= 0.6 is 11.8 Å². The Labute approximate surface area is 161 Å². The molecule has 1 aromatic heterocycles. The van der Waals surface area contributed by atoms with E-state index in [-0.39, 0.29) is 11.2 Å². The lowest BCUT2D eigenvalue weighted by molar-refractivity contribution is -0.115. The lowest BCUT2D eigenvalue weighted by Gasteiger charge is -2.12. The molecule has 0 aliphatic rings. The van der Waals surface area contributed by atoms with Gasteiger partial charge in [0.1, 0.15) is 17.8 Å². The van der Waals surface area contributed by atoms with E-state index in [0.29, 0.717) is 22.3 Å². The Morgan fingerprint density at radius 2 is 1.78 bits per heavy atom. The van der Waals surface area contributed by atoms with Gasteiger partial charge in [-0.05, 0) is 19.1 Å². The molecule has 0 spiro atoms. The van der Waals surface area contributed by atoms with Crippen molar-refractivity contribution in [2.45, 2.75) is 17.3 Å². The number of benzene rings is 2. The number of amides is 1. The summed E-state index contributed by atoms with van der Waals surface area (Å²) in [5, 5.41) is 7.43. The molecule has 1 N–H and O–H groups in total. The van der Waals surface area contributed by atoms with Crippen LogP contribution < -0.4 is 14.8 Å². The second-order valence-corrected chi connectivity index (χ2v) is 6.97. The molecule has 1 atom stereocenters. The molecule has 7 nitrogen and oxygen atoms in total.